The number of benzene rings is 1. The molecular formula is C11H13ClFNO2. The molecule has 0 bridgehead atoms. The molecule has 0 amide bonds. The minimum atomic E-state index is -0.910. The van der Waals surface area contributed by atoms with Gasteiger partial charge in [0.1, 0.15) is 5.82 Å². The Morgan fingerprint density at radius 3 is 2.75 bits per heavy atom. The molecule has 1 aromatic carbocycles. The maximum atomic E-state index is 12.8. The number of nitrogens with zero attached hydrogens (tertiary/aromatic N) is 1. The van der Waals surface area contributed by atoms with E-state index in [1.165, 1.54) is 12.1 Å². The van der Waals surface area contributed by atoms with Gasteiger partial charge >= 0.3 is 5.97 Å². The van der Waals surface area contributed by atoms with Crippen LogP contribution in [0.25, 0.3) is 0 Å². The Morgan fingerprint density at radius 1 is 1.62 bits per heavy atom. The van der Waals surface area contributed by atoms with Crippen molar-refractivity contribution in [2.24, 2.45) is 0 Å². The van der Waals surface area contributed by atoms with E-state index >= 15 is 0 Å². The van der Waals surface area contributed by atoms with Gasteiger partial charge in [0.25, 0.3) is 0 Å². The van der Waals surface area contributed by atoms with Crippen molar-refractivity contribution in [2.75, 3.05) is 13.6 Å². The molecule has 0 spiro atoms. The van der Waals surface area contributed by atoms with Crippen molar-refractivity contribution in [1.29, 1.82) is 0 Å². The zero-order valence-electron chi connectivity index (χ0n) is 9.08. The number of hydrogen-bond acceptors (Lipinski definition) is 2. The summed E-state index contributed by atoms with van der Waals surface area (Å²) in [5.74, 6) is -1.31. The monoisotopic (exact) mass is 245 g/mol. The van der Waals surface area contributed by atoms with Crippen molar-refractivity contribution >= 4 is 17.6 Å². The predicted octanol–water partition coefficient (Wildman–Crippen LogP) is 2.56. The van der Waals surface area contributed by atoms with E-state index in [2.05, 4.69) is 0 Å². The van der Waals surface area contributed by atoms with Crippen molar-refractivity contribution in [1.82, 2.24) is 4.90 Å². The second-order valence-corrected chi connectivity index (χ2v) is 4.06. The maximum absolute atomic E-state index is 12.8. The van der Waals surface area contributed by atoms with E-state index in [1.54, 1.807) is 18.0 Å². The lowest BCUT2D eigenvalue weighted by molar-refractivity contribution is -0.138. The Morgan fingerprint density at radius 2 is 2.25 bits per heavy atom. The number of likely N-dealkylation sites (N-methyl/N-ethyl adjacent to an activating group) is 1. The molecule has 1 aromatic rings. The van der Waals surface area contributed by atoms with E-state index in [0.717, 1.165) is 0 Å². The highest BCUT2D eigenvalue weighted by molar-refractivity contribution is 6.31. The lowest BCUT2D eigenvalue weighted by atomic mass is 10.1. The fourth-order valence-corrected chi connectivity index (χ4v) is 1.75. The van der Waals surface area contributed by atoms with Crippen molar-refractivity contribution < 1.29 is 14.3 Å². The molecule has 1 rings (SSSR count). The fraction of sp³-hybridized carbons (Fsp3) is 0.364. The summed E-state index contributed by atoms with van der Waals surface area (Å²) >= 11 is 5.89. The molecule has 16 heavy (non-hydrogen) atoms. The van der Waals surface area contributed by atoms with E-state index in [9.17, 15) is 9.18 Å². The third kappa shape index (κ3) is 3.18. The number of aliphatic carboxylic acids is 1. The van der Waals surface area contributed by atoms with Crippen LogP contribution in [0.15, 0.2) is 18.2 Å². The summed E-state index contributed by atoms with van der Waals surface area (Å²) in [6, 6.07) is 3.93. The summed E-state index contributed by atoms with van der Waals surface area (Å²) in [5, 5.41) is 8.97. The number of hydrogen-bond donors (Lipinski definition) is 1. The second-order valence-electron chi connectivity index (χ2n) is 3.65. The molecule has 1 atom stereocenters. The van der Waals surface area contributed by atoms with Gasteiger partial charge in [-0.3, -0.25) is 9.69 Å². The topological polar surface area (TPSA) is 40.5 Å². The van der Waals surface area contributed by atoms with Gasteiger partial charge in [-0.15, -0.1) is 0 Å². The smallest absolute Gasteiger partial charge is 0.317 e. The van der Waals surface area contributed by atoms with Gasteiger partial charge in [0.2, 0.25) is 0 Å². The van der Waals surface area contributed by atoms with E-state index in [0.29, 0.717) is 10.6 Å². The lowest BCUT2D eigenvalue weighted by Crippen LogP contribution is -2.28. The van der Waals surface area contributed by atoms with Gasteiger partial charge < -0.3 is 5.11 Å². The Labute approximate surface area is 98.4 Å². The number of carboxylic acid groups (broad SMARTS) is 1. The minimum absolute atomic E-state index is 0.0884. The molecule has 0 heterocycles. The van der Waals surface area contributed by atoms with Crippen LogP contribution in [0.1, 0.15) is 18.5 Å². The van der Waals surface area contributed by atoms with Crippen molar-refractivity contribution in [3.8, 4) is 0 Å². The fourth-order valence-electron chi connectivity index (χ4n) is 1.43. The first-order valence-corrected chi connectivity index (χ1v) is 5.16. The van der Waals surface area contributed by atoms with Gasteiger partial charge in [-0.05, 0) is 31.7 Å². The molecule has 0 radical (unpaired) electrons. The van der Waals surface area contributed by atoms with Gasteiger partial charge in [-0.1, -0.05) is 17.7 Å². The first-order chi connectivity index (χ1) is 7.41. The molecular weight excluding hydrogens is 233 g/mol. The molecule has 0 saturated carbocycles. The van der Waals surface area contributed by atoms with Crippen LogP contribution in [-0.4, -0.2) is 29.6 Å². The third-order valence-electron chi connectivity index (χ3n) is 2.46. The zero-order chi connectivity index (χ0) is 12.3. The van der Waals surface area contributed by atoms with E-state index in [4.69, 9.17) is 16.7 Å². The molecule has 1 N–H and O–H groups in total. The van der Waals surface area contributed by atoms with Crippen LogP contribution in [-0.2, 0) is 4.79 Å². The van der Waals surface area contributed by atoms with E-state index in [-0.39, 0.29) is 12.6 Å². The molecule has 3 nitrogen and oxygen atoms in total. The van der Waals surface area contributed by atoms with Crippen molar-refractivity contribution in [3.63, 3.8) is 0 Å². The van der Waals surface area contributed by atoms with Crippen LogP contribution < -0.4 is 0 Å². The molecule has 0 fully saturated rings. The first kappa shape index (κ1) is 12.9. The van der Waals surface area contributed by atoms with Gasteiger partial charge in [-0.2, -0.15) is 0 Å². The van der Waals surface area contributed by atoms with E-state index in [1.807, 2.05) is 6.92 Å². The summed E-state index contributed by atoms with van der Waals surface area (Å²) in [6.07, 6.45) is 0. The minimum Gasteiger partial charge on any atom is -0.480 e. The number of carboxylic acids is 1. The number of carbonyl (C=O) groups is 1. The highest BCUT2D eigenvalue weighted by Gasteiger charge is 2.16. The molecule has 1 unspecified atom stereocenters. The average molecular weight is 246 g/mol. The van der Waals surface area contributed by atoms with Gasteiger partial charge in [0, 0.05) is 11.1 Å². The summed E-state index contributed by atoms with van der Waals surface area (Å²) < 4.78 is 12.8. The average Bonchev–Trinajstić information content (AvgIpc) is 2.15. The van der Waals surface area contributed by atoms with Gasteiger partial charge in [0.05, 0.1) is 6.54 Å². The van der Waals surface area contributed by atoms with Crippen LogP contribution in [0, 0.1) is 5.82 Å². The Kier molecular flexibility index (Phi) is 4.26. The first-order valence-electron chi connectivity index (χ1n) is 4.78. The largest absolute Gasteiger partial charge is 0.480 e. The number of rotatable bonds is 4. The Balaban J connectivity index is 2.87. The highest BCUT2D eigenvalue weighted by atomic mass is 35.5. The summed E-state index contributed by atoms with van der Waals surface area (Å²) in [5.41, 5.74) is 0.715. The number of halogens is 2. The maximum Gasteiger partial charge on any atom is 0.317 e. The lowest BCUT2D eigenvalue weighted by Gasteiger charge is -2.24. The molecule has 0 aliphatic carbocycles. The van der Waals surface area contributed by atoms with E-state index < -0.39 is 11.8 Å². The zero-order valence-corrected chi connectivity index (χ0v) is 9.83. The summed E-state index contributed by atoms with van der Waals surface area (Å²) in [4.78, 5) is 12.2. The molecule has 88 valence electrons. The van der Waals surface area contributed by atoms with Crippen LogP contribution in [0.3, 0.4) is 0 Å². The third-order valence-corrected chi connectivity index (χ3v) is 2.79. The molecule has 5 heteroatoms. The SMILES string of the molecule is CC(c1ccc(F)cc1Cl)N(C)CC(=O)O. The molecule has 0 aliphatic rings. The normalized spacial score (nSPS) is 12.8. The van der Waals surface area contributed by atoms with Crippen LogP contribution in [0.5, 0.6) is 0 Å². The molecule has 0 aromatic heterocycles. The van der Waals surface area contributed by atoms with Gasteiger partial charge in [0.15, 0.2) is 0 Å². The second kappa shape index (κ2) is 5.27. The molecule has 0 saturated heterocycles. The van der Waals surface area contributed by atoms with Crippen molar-refractivity contribution in [2.45, 2.75) is 13.0 Å². The summed E-state index contributed by atoms with van der Waals surface area (Å²) in [6.45, 7) is 1.73. The van der Waals surface area contributed by atoms with Gasteiger partial charge in [-0.25, -0.2) is 4.39 Å². The van der Waals surface area contributed by atoms with Crippen LogP contribution >= 0.6 is 11.6 Å². The predicted molar refractivity (Wildman–Crippen MR) is 60.1 cm³/mol. The quantitative estimate of drug-likeness (QED) is 0.886. The molecule has 0 aliphatic heterocycles. The Bertz CT molecular complexity index is 398. The Hall–Kier alpha value is -1.13. The van der Waals surface area contributed by atoms with Crippen LogP contribution in [0.4, 0.5) is 4.39 Å². The standard InChI is InChI=1S/C11H13ClFNO2/c1-7(14(2)6-11(15)16)9-4-3-8(13)5-10(9)12/h3-5,7H,6H2,1-2H3,(H,15,16). The van der Waals surface area contributed by atoms with Crippen molar-refractivity contribution in [3.05, 3.63) is 34.6 Å². The highest BCUT2D eigenvalue weighted by Crippen LogP contribution is 2.26. The van der Waals surface area contributed by atoms with Crippen LogP contribution in [0.2, 0.25) is 5.02 Å². The summed E-state index contributed by atoms with van der Waals surface area (Å²) in [7, 11) is 1.68.